The molecular weight excluding hydrogens is 214 g/mol. The number of carbonyl (C=O) groups is 1. The highest BCUT2D eigenvalue weighted by Crippen LogP contribution is 2.29. The topological polar surface area (TPSA) is 49.6 Å². The second kappa shape index (κ2) is 6.97. The van der Waals surface area contributed by atoms with Gasteiger partial charge in [-0.1, -0.05) is 13.3 Å². The summed E-state index contributed by atoms with van der Waals surface area (Å²) in [6.45, 7) is 4.84. The van der Waals surface area contributed by atoms with Crippen LogP contribution in [0.4, 0.5) is 0 Å². The third-order valence-corrected chi connectivity index (χ3v) is 3.91. The van der Waals surface area contributed by atoms with Crippen molar-refractivity contribution >= 4 is 5.91 Å². The van der Waals surface area contributed by atoms with Crippen molar-refractivity contribution in [1.29, 1.82) is 0 Å². The van der Waals surface area contributed by atoms with Crippen molar-refractivity contribution in [1.82, 2.24) is 9.80 Å². The molecule has 0 heterocycles. The zero-order valence-electron chi connectivity index (χ0n) is 11.5. The molecule has 1 saturated carbocycles. The summed E-state index contributed by atoms with van der Waals surface area (Å²) in [6, 6.07) is 0.597. The molecule has 1 rings (SSSR count). The van der Waals surface area contributed by atoms with Gasteiger partial charge in [0.05, 0.1) is 0 Å². The first kappa shape index (κ1) is 14.5. The molecule has 0 spiro atoms. The van der Waals surface area contributed by atoms with E-state index in [-0.39, 0.29) is 5.91 Å². The molecule has 1 amide bonds. The average molecular weight is 241 g/mol. The zero-order valence-corrected chi connectivity index (χ0v) is 11.5. The lowest BCUT2D eigenvalue weighted by Crippen LogP contribution is -2.42. The van der Waals surface area contributed by atoms with Gasteiger partial charge in [-0.3, -0.25) is 9.69 Å². The summed E-state index contributed by atoms with van der Waals surface area (Å²) in [7, 11) is 3.63. The van der Waals surface area contributed by atoms with Gasteiger partial charge in [0.1, 0.15) is 0 Å². The van der Waals surface area contributed by atoms with Gasteiger partial charge in [-0.15, -0.1) is 0 Å². The number of nitrogens with two attached hydrogens (primary N) is 1. The molecule has 0 bridgehead atoms. The van der Waals surface area contributed by atoms with Crippen LogP contribution in [0.3, 0.4) is 0 Å². The molecule has 0 radical (unpaired) electrons. The van der Waals surface area contributed by atoms with Crippen molar-refractivity contribution in [3.8, 4) is 0 Å². The summed E-state index contributed by atoms with van der Waals surface area (Å²) in [5.74, 6) is 0.843. The van der Waals surface area contributed by atoms with Crippen LogP contribution >= 0.6 is 0 Å². The first-order valence-corrected chi connectivity index (χ1v) is 6.74. The van der Waals surface area contributed by atoms with Crippen LogP contribution in [0, 0.1) is 5.92 Å². The Bertz CT molecular complexity index is 243. The van der Waals surface area contributed by atoms with Crippen LogP contribution in [0.5, 0.6) is 0 Å². The normalized spacial score (nSPS) is 24.3. The van der Waals surface area contributed by atoms with Crippen molar-refractivity contribution in [3.63, 3.8) is 0 Å². The second-order valence-electron chi connectivity index (χ2n) is 5.16. The Labute approximate surface area is 105 Å². The van der Waals surface area contributed by atoms with Crippen molar-refractivity contribution in [3.05, 3.63) is 0 Å². The number of nitrogens with zero attached hydrogens (tertiary/aromatic N) is 2. The molecule has 2 N–H and O–H groups in total. The molecule has 1 aliphatic rings. The Morgan fingerprint density at radius 1 is 1.35 bits per heavy atom. The summed E-state index contributed by atoms with van der Waals surface area (Å²) in [4.78, 5) is 15.7. The van der Waals surface area contributed by atoms with Gasteiger partial charge in [0.25, 0.3) is 0 Å². The van der Waals surface area contributed by atoms with Crippen molar-refractivity contribution in [2.75, 3.05) is 33.7 Å². The van der Waals surface area contributed by atoms with E-state index in [1.54, 1.807) is 4.90 Å². The Balaban J connectivity index is 2.45. The minimum atomic E-state index is 0.214. The number of carbonyl (C=O) groups excluding carboxylic acids is 1. The Hall–Kier alpha value is -0.610. The molecule has 2 unspecified atom stereocenters. The fourth-order valence-electron chi connectivity index (χ4n) is 2.79. The van der Waals surface area contributed by atoms with Gasteiger partial charge >= 0.3 is 0 Å². The smallest absolute Gasteiger partial charge is 0.223 e. The number of hydrogen-bond donors (Lipinski definition) is 1. The third-order valence-electron chi connectivity index (χ3n) is 3.91. The fraction of sp³-hybridized carbons (Fsp3) is 0.923. The predicted octanol–water partition coefficient (Wildman–Crippen LogP) is 0.914. The SMILES string of the molecule is CCN(CCC(=O)N(C)C)C1CCCC1CN. The summed E-state index contributed by atoms with van der Waals surface area (Å²) in [5.41, 5.74) is 5.82. The summed E-state index contributed by atoms with van der Waals surface area (Å²) < 4.78 is 0. The van der Waals surface area contributed by atoms with E-state index in [2.05, 4.69) is 11.8 Å². The highest BCUT2D eigenvalue weighted by molar-refractivity contribution is 5.75. The first-order chi connectivity index (χ1) is 8.10. The van der Waals surface area contributed by atoms with Gasteiger partial charge in [-0.2, -0.15) is 0 Å². The van der Waals surface area contributed by atoms with Crippen LogP contribution in [-0.2, 0) is 4.79 Å². The molecule has 4 heteroatoms. The Kier molecular flexibility index (Phi) is 5.92. The molecule has 1 fully saturated rings. The van der Waals surface area contributed by atoms with Crippen molar-refractivity contribution < 1.29 is 4.79 Å². The van der Waals surface area contributed by atoms with Gasteiger partial charge in [-0.05, 0) is 31.8 Å². The van der Waals surface area contributed by atoms with Crippen molar-refractivity contribution in [2.24, 2.45) is 11.7 Å². The minimum Gasteiger partial charge on any atom is -0.349 e. The number of amides is 1. The number of hydrogen-bond acceptors (Lipinski definition) is 3. The zero-order chi connectivity index (χ0) is 12.8. The molecule has 17 heavy (non-hydrogen) atoms. The van der Waals surface area contributed by atoms with E-state index in [0.29, 0.717) is 18.4 Å². The van der Waals surface area contributed by atoms with Crippen LogP contribution in [0.2, 0.25) is 0 Å². The molecular formula is C13H27N3O. The van der Waals surface area contributed by atoms with Crippen LogP contribution < -0.4 is 5.73 Å². The molecule has 0 aromatic carbocycles. The second-order valence-corrected chi connectivity index (χ2v) is 5.16. The van der Waals surface area contributed by atoms with Gasteiger partial charge in [0.15, 0.2) is 0 Å². The van der Waals surface area contributed by atoms with E-state index in [0.717, 1.165) is 19.6 Å². The van der Waals surface area contributed by atoms with Gasteiger partial charge in [-0.25, -0.2) is 0 Å². The molecule has 0 aromatic heterocycles. The van der Waals surface area contributed by atoms with E-state index in [4.69, 9.17) is 5.73 Å². The van der Waals surface area contributed by atoms with E-state index in [9.17, 15) is 4.79 Å². The van der Waals surface area contributed by atoms with E-state index in [1.807, 2.05) is 14.1 Å². The molecule has 0 aromatic rings. The lowest BCUT2D eigenvalue weighted by Gasteiger charge is -2.31. The van der Waals surface area contributed by atoms with Gasteiger partial charge in [0, 0.05) is 33.1 Å². The minimum absolute atomic E-state index is 0.214. The molecule has 0 saturated heterocycles. The summed E-state index contributed by atoms with van der Waals surface area (Å²) in [6.07, 6.45) is 4.39. The highest BCUT2D eigenvalue weighted by atomic mass is 16.2. The maximum absolute atomic E-state index is 11.6. The van der Waals surface area contributed by atoms with Gasteiger partial charge < -0.3 is 10.6 Å². The average Bonchev–Trinajstić information content (AvgIpc) is 2.77. The molecule has 1 aliphatic carbocycles. The van der Waals surface area contributed by atoms with Crippen molar-refractivity contribution in [2.45, 2.75) is 38.6 Å². The molecule has 4 nitrogen and oxygen atoms in total. The lowest BCUT2D eigenvalue weighted by molar-refractivity contribution is -0.129. The Morgan fingerprint density at radius 2 is 2.06 bits per heavy atom. The maximum atomic E-state index is 11.6. The third kappa shape index (κ3) is 3.96. The molecule has 2 atom stereocenters. The highest BCUT2D eigenvalue weighted by Gasteiger charge is 2.30. The first-order valence-electron chi connectivity index (χ1n) is 6.74. The van der Waals surface area contributed by atoms with E-state index >= 15 is 0 Å². The van der Waals surface area contributed by atoms with Crippen LogP contribution in [0.15, 0.2) is 0 Å². The standard InChI is InChI=1S/C13H27N3O/c1-4-16(9-8-13(17)15(2)3)12-7-5-6-11(12)10-14/h11-12H,4-10,14H2,1-3H3. The fourth-order valence-corrected chi connectivity index (χ4v) is 2.79. The van der Waals surface area contributed by atoms with E-state index in [1.165, 1.54) is 19.3 Å². The largest absolute Gasteiger partial charge is 0.349 e. The lowest BCUT2D eigenvalue weighted by atomic mass is 10.0. The van der Waals surface area contributed by atoms with E-state index < -0.39 is 0 Å². The quantitative estimate of drug-likeness (QED) is 0.752. The molecule has 0 aliphatic heterocycles. The molecule has 100 valence electrons. The van der Waals surface area contributed by atoms with Gasteiger partial charge in [0.2, 0.25) is 5.91 Å². The number of rotatable bonds is 6. The maximum Gasteiger partial charge on any atom is 0.223 e. The summed E-state index contributed by atoms with van der Waals surface area (Å²) in [5, 5.41) is 0. The summed E-state index contributed by atoms with van der Waals surface area (Å²) >= 11 is 0. The van der Waals surface area contributed by atoms with Crippen LogP contribution in [0.1, 0.15) is 32.6 Å². The predicted molar refractivity (Wildman–Crippen MR) is 70.7 cm³/mol. The Morgan fingerprint density at radius 3 is 2.59 bits per heavy atom. The monoisotopic (exact) mass is 241 g/mol. The van der Waals surface area contributed by atoms with Crippen LogP contribution in [0.25, 0.3) is 0 Å². The van der Waals surface area contributed by atoms with Crippen LogP contribution in [-0.4, -0.2) is 55.5 Å².